The van der Waals surface area contributed by atoms with Gasteiger partial charge in [0.05, 0.1) is 12.0 Å². The number of rotatable bonds is 3. The van der Waals surface area contributed by atoms with Gasteiger partial charge in [-0.2, -0.15) is 0 Å². The molecule has 1 aromatic rings. The topological polar surface area (TPSA) is 102 Å². The third-order valence-electron chi connectivity index (χ3n) is 1.74. The summed E-state index contributed by atoms with van der Waals surface area (Å²) in [6.45, 7) is 0. The number of nitrogens with one attached hydrogen (secondary N) is 1. The van der Waals surface area contributed by atoms with Crippen LogP contribution in [-0.2, 0) is 0 Å². The highest BCUT2D eigenvalue weighted by Crippen LogP contribution is 2.27. The predicted octanol–water partition coefficient (Wildman–Crippen LogP) is 0.722. The summed E-state index contributed by atoms with van der Waals surface area (Å²) in [4.78, 5) is 20.9. The highest BCUT2D eigenvalue weighted by atomic mass is 16.6. The molecule has 2 N–H and O–H groups in total. The van der Waals surface area contributed by atoms with E-state index in [-0.39, 0.29) is 17.0 Å². The first-order valence-electron chi connectivity index (χ1n) is 3.87. The van der Waals surface area contributed by atoms with Crippen LogP contribution in [0, 0.1) is 10.1 Å². The second kappa shape index (κ2) is 4.38. The monoisotopic (exact) mass is 212 g/mol. The van der Waals surface area contributed by atoms with E-state index >= 15 is 0 Å². The molecule has 0 atom stereocenters. The van der Waals surface area contributed by atoms with E-state index in [9.17, 15) is 14.9 Å². The van der Waals surface area contributed by atoms with E-state index in [0.717, 1.165) is 6.07 Å². The van der Waals surface area contributed by atoms with Crippen molar-refractivity contribution in [2.75, 3.05) is 7.11 Å². The lowest BCUT2D eigenvalue weighted by atomic mass is 10.2. The summed E-state index contributed by atoms with van der Waals surface area (Å²) in [7, 11) is 1.29. The Bertz CT molecular complexity index is 404. The fraction of sp³-hybridized carbons (Fsp3) is 0.125. The number of ether oxygens (including phenoxy) is 1. The molecule has 0 saturated carbocycles. The molecular weight excluding hydrogens is 204 g/mol. The van der Waals surface area contributed by atoms with Crippen molar-refractivity contribution in [1.82, 2.24) is 5.48 Å². The molecule has 0 aromatic heterocycles. The zero-order chi connectivity index (χ0) is 11.4. The quantitative estimate of drug-likeness (QED) is 0.436. The van der Waals surface area contributed by atoms with Crippen molar-refractivity contribution >= 4 is 11.6 Å². The van der Waals surface area contributed by atoms with Crippen LogP contribution >= 0.6 is 0 Å². The van der Waals surface area contributed by atoms with E-state index in [4.69, 9.17) is 9.94 Å². The molecule has 0 heterocycles. The van der Waals surface area contributed by atoms with Gasteiger partial charge in [0.2, 0.25) is 0 Å². The number of carbonyl (C=O) groups excluding carboxylic acids is 1. The van der Waals surface area contributed by atoms with E-state index in [1.807, 2.05) is 0 Å². The number of hydrogen-bond acceptors (Lipinski definition) is 5. The van der Waals surface area contributed by atoms with Crippen molar-refractivity contribution in [2.45, 2.75) is 0 Å². The second-order valence-electron chi connectivity index (χ2n) is 2.58. The zero-order valence-electron chi connectivity index (χ0n) is 7.76. The molecule has 0 aliphatic heterocycles. The summed E-state index contributed by atoms with van der Waals surface area (Å²) < 4.78 is 4.74. The van der Waals surface area contributed by atoms with Gasteiger partial charge in [0.1, 0.15) is 0 Å². The van der Waals surface area contributed by atoms with Crippen molar-refractivity contribution in [3.05, 3.63) is 33.9 Å². The maximum atomic E-state index is 11.0. The first-order valence-corrected chi connectivity index (χ1v) is 3.87. The Hall–Kier alpha value is -2.15. The molecule has 7 heteroatoms. The van der Waals surface area contributed by atoms with Crippen LogP contribution in [-0.4, -0.2) is 23.1 Å². The highest BCUT2D eigenvalue weighted by molar-refractivity contribution is 5.94. The Morgan fingerprint density at radius 2 is 2.27 bits per heavy atom. The number of amides is 1. The molecule has 1 rings (SSSR count). The summed E-state index contributed by atoms with van der Waals surface area (Å²) >= 11 is 0. The fourth-order valence-corrected chi connectivity index (χ4v) is 1.04. The number of nitro benzene ring substituents is 1. The lowest BCUT2D eigenvalue weighted by molar-refractivity contribution is -0.385. The number of benzene rings is 1. The van der Waals surface area contributed by atoms with Gasteiger partial charge >= 0.3 is 5.69 Å². The summed E-state index contributed by atoms with van der Waals surface area (Å²) in [6.07, 6.45) is 0. The number of carbonyl (C=O) groups is 1. The van der Waals surface area contributed by atoms with Gasteiger partial charge in [-0.25, -0.2) is 5.48 Å². The number of methoxy groups -OCH3 is 1. The molecule has 0 bridgehead atoms. The molecule has 7 nitrogen and oxygen atoms in total. The Balaban J connectivity index is 3.22. The van der Waals surface area contributed by atoms with Crippen LogP contribution in [0.25, 0.3) is 0 Å². The van der Waals surface area contributed by atoms with Crippen LogP contribution in [0.2, 0.25) is 0 Å². The minimum atomic E-state index is -0.819. The normalized spacial score (nSPS) is 9.47. The maximum absolute atomic E-state index is 11.0. The van der Waals surface area contributed by atoms with E-state index < -0.39 is 10.8 Å². The first kappa shape index (κ1) is 10.9. The Morgan fingerprint density at radius 3 is 2.73 bits per heavy atom. The van der Waals surface area contributed by atoms with Crippen molar-refractivity contribution in [2.24, 2.45) is 0 Å². The third kappa shape index (κ3) is 2.20. The summed E-state index contributed by atoms with van der Waals surface area (Å²) in [5, 5.41) is 18.9. The SMILES string of the molecule is COc1ccc(C(=O)NO)cc1[N+](=O)[O-]. The first-order chi connectivity index (χ1) is 7.10. The van der Waals surface area contributed by atoms with Gasteiger partial charge in [-0.15, -0.1) is 0 Å². The highest BCUT2D eigenvalue weighted by Gasteiger charge is 2.17. The van der Waals surface area contributed by atoms with Gasteiger partial charge in [0, 0.05) is 11.6 Å². The minimum Gasteiger partial charge on any atom is -0.490 e. The Kier molecular flexibility index (Phi) is 3.19. The summed E-state index contributed by atoms with van der Waals surface area (Å²) in [5.41, 5.74) is 1.02. The van der Waals surface area contributed by atoms with Crippen LogP contribution < -0.4 is 10.2 Å². The largest absolute Gasteiger partial charge is 0.490 e. The molecule has 80 valence electrons. The molecule has 0 fully saturated rings. The lowest BCUT2D eigenvalue weighted by Gasteiger charge is -2.03. The fourth-order valence-electron chi connectivity index (χ4n) is 1.04. The number of nitro groups is 1. The maximum Gasteiger partial charge on any atom is 0.311 e. The van der Waals surface area contributed by atoms with Crippen LogP contribution in [0.5, 0.6) is 5.75 Å². The average Bonchev–Trinajstić information content (AvgIpc) is 2.27. The summed E-state index contributed by atoms with van der Waals surface area (Å²) in [6, 6.07) is 3.60. The number of nitrogens with zero attached hydrogens (tertiary/aromatic N) is 1. The van der Waals surface area contributed by atoms with Crippen LogP contribution in [0.4, 0.5) is 5.69 Å². The molecule has 0 aliphatic carbocycles. The third-order valence-corrected chi connectivity index (χ3v) is 1.74. The van der Waals surface area contributed by atoms with Crippen LogP contribution in [0.15, 0.2) is 18.2 Å². The molecular formula is C8H8N2O5. The van der Waals surface area contributed by atoms with Gasteiger partial charge in [0.25, 0.3) is 5.91 Å². The van der Waals surface area contributed by atoms with E-state index in [0.29, 0.717) is 0 Å². The van der Waals surface area contributed by atoms with Gasteiger partial charge in [0.15, 0.2) is 5.75 Å². The summed E-state index contributed by atoms with van der Waals surface area (Å²) in [5.74, 6) is -0.768. The molecule has 0 saturated heterocycles. The molecule has 0 radical (unpaired) electrons. The number of hydrogen-bond donors (Lipinski definition) is 2. The number of hydroxylamine groups is 1. The van der Waals surface area contributed by atoms with Crippen LogP contribution in [0.3, 0.4) is 0 Å². The van der Waals surface area contributed by atoms with Gasteiger partial charge in [-0.1, -0.05) is 0 Å². The molecule has 0 spiro atoms. The second-order valence-corrected chi connectivity index (χ2v) is 2.58. The van der Waals surface area contributed by atoms with Crippen molar-refractivity contribution in [3.8, 4) is 5.75 Å². The van der Waals surface area contributed by atoms with Gasteiger partial charge < -0.3 is 4.74 Å². The molecule has 1 aromatic carbocycles. The van der Waals surface area contributed by atoms with Crippen molar-refractivity contribution < 1.29 is 19.7 Å². The predicted molar refractivity (Wildman–Crippen MR) is 48.9 cm³/mol. The standard InChI is InChI=1S/C8H8N2O5/c1-15-7-3-2-5(8(11)9-12)4-6(7)10(13)14/h2-4,12H,1H3,(H,9,11). The lowest BCUT2D eigenvalue weighted by Crippen LogP contribution is -2.18. The minimum absolute atomic E-state index is 0.0231. The average molecular weight is 212 g/mol. The molecule has 1 amide bonds. The zero-order valence-corrected chi connectivity index (χ0v) is 7.76. The molecule has 15 heavy (non-hydrogen) atoms. The smallest absolute Gasteiger partial charge is 0.311 e. The van der Waals surface area contributed by atoms with E-state index in [1.165, 1.54) is 24.7 Å². The molecule has 0 unspecified atom stereocenters. The van der Waals surface area contributed by atoms with Crippen molar-refractivity contribution in [1.29, 1.82) is 0 Å². The molecule has 0 aliphatic rings. The van der Waals surface area contributed by atoms with Gasteiger partial charge in [-0.05, 0) is 12.1 Å². The van der Waals surface area contributed by atoms with E-state index in [2.05, 4.69) is 0 Å². The Morgan fingerprint density at radius 1 is 1.60 bits per heavy atom. The Labute approximate surface area is 84.4 Å². The van der Waals surface area contributed by atoms with E-state index in [1.54, 1.807) is 0 Å². The van der Waals surface area contributed by atoms with Crippen molar-refractivity contribution in [3.63, 3.8) is 0 Å². The van der Waals surface area contributed by atoms with Gasteiger partial charge in [-0.3, -0.25) is 20.1 Å². The van der Waals surface area contributed by atoms with Crippen LogP contribution in [0.1, 0.15) is 10.4 Å².